The Morgan fingerprint density at radius 1 is 0.963 bits per heavy atom. The van der Waals surface area contributed by atoms with E-state index in [1.54, 1.807) is 66.9 Å². The standard InChI is InChI=1S/C21H20N2O4/c1-2-26-18-6-3-5-16(13-18)21(25)23-17-10-8-15(9-11-17)20(24)22-14-19-7-4-12-27-19/h3-13H,2,14H2,1H3,(H,22,24)(H,23,25). The minimum Gasteiger partial charge on any atom is -0.494 e. The zero-order valence-electron chi connectivity index (χ0n) is 14.9. The molecule has 6 heteroatoms. The van der Waals surface area contributed by atoms with Crippen molar-refractivity contribution in [1.82, 2.24) is 5.32 Å². The summed E-state index contributed by atoms with van der Waals surface area (Å²) >= 11 is 0. The Balaban J connectivity index is 1.59. The molecule has 3 rings (SSSR count). The summed E-state index contributed by atoms with van der Waals surface area (Å²) in [5.41, 5.74) is 1.60. The fourth-order valence-electron chi connectivity index (χ4n) is 2.48. The van der Waals surface area contributed by atoms with E-state index in [2.05, 4.69) is 10.6 Å². The van der Waals surface area contributed by atoms with E-state index >= 15 is 0 Å². The van der Waals surface area contributed by atoms with Gasteiger partial charge in [-0.2, -0.15) is 0 Å². The first kappa shape index (κ1) is 18.3. The highest BCUT2D eigenvalue weighted by Gasteiger charge is 2.09. The molecule has 0 aliphatic carbocycles. The van der Waals surface area contributed by atoms with Crippen molar-refractivity contribution < 1.29 is 18.7 Å². The monoisotopic (exact) mass is 364 g/mol. The van der Waals surface area contributed by atoms with E-state index in [0.29, 0.717) is 41.5 Å². The van der Waals surface area contributed by atoms with Crippen molar-refractivity contribution in [3.05, 3.63) is 83.8 Å². The van der Waals surface area contributed by atoms with Crippen LogP contribution in [0.2, 0.25) is 0 Å². The average Bonchev–Trinajstić information content (AvgIpc) is 3.21. The maximum Gasteiger partial charge on any atom is 0.255 e. The Bertz CT molecular complexity index is 902. The van der Waals surface area contributed by atoms with Gasteiger partial charge in [0, 0.05) is 16.8 Å². The van der Waals surface area contributed by atoms with E-state index in [-0.39, 0.29) is 11.8 Å². The van der Waals surface area contributed by atoms with Crippen LogP contribution >= 0.6 is 0 Å². The van der Waals surface area contributed by atoms with Gasteiger partial charge in [0.2, 0.25) is 0 Å². The Morgan fingerprint density at radius 3 is 2.48 bits per heavy atom. The van der Waals surface area contributed by atoms with Gasteiger partial charge >= 0.3 is 0 Å². The van der Waals surface area contributed by atoms with Crippen molar-refractivity contribution in [2.75, 3.05) is 11.9 Å². The lowest BCUT2D eigenvalue weighted by molar-refractivity contribution is 0.0947. The SMILES string of the molecule is CCOc1cccc(C(=O)Nc2ccc(C(=O)NCc3ccco3)cc2)c1. The molecule has 0 spiro atoms. The second-order valence-corrected chi connectivity index (χ2v) is 5.75. The molecule has 0 fully saturated rings. The Morgan fingerprint density at radius 2 is 1.78 bits per heavy atom. The van der Waals surface area contributed by atoms with E-state index in [1.165, 1.54) is 0 Å². The van der Waals surface area contributed by atoms with E-state index in [4.69, 9.17) is 9.15 Å². The molecule has 0 saturated carbocycles. The molecule has 0 bridgehead atoms. The highest BCUT2D eigenvalue weighted by Crippen LogP contribution is 2.16. The normalized spacial score (nSPS) is 10.3. The van der Waals surface area contributed by atoms with Gasteiger partial charge in [-0.15, -0.1) is 0 Å². The maximum atomic E-state index is 12.4. The number of benzene rings is 2. The number of rotatable bonds is 7. The molecule has 2 aromatic carbocycles. The van der Waals surface area contributed by atoms with Gasteiger partial charge in [0.15, 0.2) is 0 Å². The van der Waals surface area contributed by atoms with E-state index in [9.17, 15) is 9.59 Å². The fourth-order valence-corrected chi connectivity index (χ4v) is 2.48. The van der Waals surface area contributed by atoms with Crippen LogP contribution in [0, 0.1) is 0 Å². The zero-order chi connectivity index (χ0) is 19.1. The number of nitrogens with one attached hydrogen (secondary N) is 2. The van der Waals surface area contributed by atoms with E-state index in [1.807, 2.05) is 6.92 Å². The third kappa shape index (κ3) is 4.98. The zero-order valence-corrected chi connectivity index (χ0v) is 14.9. The molecule has 0 atom stereocenters. The first-order chi connectivity index (χ1) is 13.2. The molecule has 0 saturated heterocycles. The molecule has 2 amide bonds. The Kier molecular flexibility index (Phi) is 5.89. The van der Waals surface area contributed by atoms with Crippen LogP contribution in [0.25, 0.3) is 0 Å². The molecule has 27 heavy (non-hydrogen) atoms. The van der Waals surface area contributed by atoms with Gasteiger partial charge in [0.1, 0.15) is 11.5 Å². The predicted molar refractivity (Wildman–Crippen MR) is 102 cm³/mol. The first-order valence-corrected chi connectivity index (χ1v) is 8.60. The molecule has 0 aliphatic rings. The molecule has 6 nitrogen and oxygen atoms in total. The number of ether oxygens (including phenoxy) is 1. The molecule has 0 radical (unpaired) electrons. The number of hydrogen-bond acceptors (Lipinski definition) is 4. The van der Waals surface area contributed by atoms with Crippen LogP contribution < -0.4 is 15.4 Å². The van der Waals surface area contributed by atoms with E-state index in [0.717, 1.165) is 0 Å². The topological polar surface area (TPSA) is 80.6 Å². The van der Waals surface area contributed by atoms with Crippen LogP contribution in [0.15, 0.2) is 71.3 Å². The molecule has 0 aliphatic heterocycles. The molecular formula is C21H20N2O4. The smallest absolute Gasteiger partial charge is 0.255 e. The molecule has 3 aromatic rings. The molecule has 138 valence electrons. The van der Waals surface area contributed by atoms with Gasteiger partial charge in [-0.3, -0.25) is 9.59 Å². The number of carbonyl (C=O) groups is 2. The van der Waals surface area contributed by atoms with Gasteiger partial charge in [0.25, 0.3) is 11.8 Å². The van der Waals surface area contributed by atoms with Crippen LogP contribution in [0.5, 0.6) is 5.75 Å². The Labute approximate surface area is 157 Å². The number of anilines is 1. The van der Waals surface area contributed by atoms with Gasteiger partial charge in [-0.05, 0) is 61.5 Å². The fraction of sp³-hybridized carbons (Fsp3) is 0.143. The number of amides is 2. The summed E-state index contributed by atoms with van der Waals surface area (Å²) in [6.07, 6.45) is 1.56. The van der Waals surface area contributed by atoms with Crippen molar-refractivity contribution in [3.63, 3.8) is 0 Å². The highest BCUT2D eigenvalue weighted by molar-refractivity contribution is 6.04. The largest absolute Gasteiger partial charge is 0.494 e. The minimum atomic E-state index is -0.244. The Hall–Kier alpha value is -3.54. The van der Waals surface area contributed by atoms with Crippen LogP contribution in [0.3, 0.4) is 0 Å². The second-order valence-electron chi connectivity index (χ2n) is 5.75. The first-order valence-electron chi connectivity index (χ1n) is 8.60. The third-order valence-electron chi connectivity index (χ3n) is 3.82. The summed E-state index contributed by atoms with van der Waals surface area (Å²) in [5.74, 6) is 0.871. The van der Waals surface area contributed by atoms with Gasteiger partial charge in [-0.1, -0.05) is 6.07 Å². The van der Waals surface area contributed by atoms with Crippen LogP contribution in [-0.2, 0) is 6.54 Å². The summed E-state index contributed by atoms with van der Waals surface area (Å²) in [6.45, 7) is 2.74. The summed E-state index contributed by atoms with van der Waals surface area (Å²) in [6, 6.07) is 17.2. The highest BCUT2D eigenvalue weighted by atomic mass is 16.5. The van der Waals surface area contributed by atoms with Crippen molar-refractivity contribution in [2.45, 2.75) is 13.5 Å². The molecule has 1 heterocycles. The lowest BCUT2D eigenvalue weighted by Gasteiger charge is -2.08. The quantitative estimate of drug-likeness (QED) is 0.667. The molecule has 1 aromatic heterocycles. The molecular weight excluding hydrogens is 344 g/mol. The summed E-state index contributed by atoms with van der Waals surface area (Å²) in [5, 5.41) is 5.58. The minimum absolute atomic E-state index is 0.214. The van der Waals surface area contributed by atoms with Gasteiger partial charge in [-0.25, -0.2) is 0 Å². The lowest BCUT2D eigenvalue weighted by atomic mass is 10.1. The maximum absolute atomic E-state index is 12.4. The number of hydrogen-bond donors (Lipinski definition) is 2. The molecule has 2 N–H and O–H groups in total. The molecule has 0 unspecified atom stereocenters. The summed E-state index contributed by atoms with van der Waals surface area (Å²) in [4.78, 5) is 24.5. The van der Waals surface area contributed by atoms with Crippen molar-refractivity contribution in [3.8, 4) is 5.75 Å². The summed E-state index contributed by atoms with van der Waals surface area (Å²) < 4.78 is 10.6. The number of furan rings is 1. The predicted octanol–water partition coefficient (Wildman–Crippen LogP) is 3.86. The summed E-state index contributed by atoms with van der Waals surface area (Å²) in [7, 11) is 0. The van der Waals surface area contributed by atoms with Gasteiger partial charge in [0.05, 0.1) is 19.4 Å². The van der Waals surface area contributed by atoms with Crippen molar-refractivity contribution in [1.29, 1.82) is 0 Å². The van der Waals surface area contributed by atoms with Crippen molar-refractivity contribution >= 4 is 17.5 Å². The number of carbonyl (C=O) groups excluding carboxylic acids is 2. The van der Waals surface area contributed by atoms with Crippen LogP contribution in [0.1, 0.15) is 33.4 Å². The van der Waals surface area contributed by atoms with E-state index < -0.39 is 0 Å². The second kappa shape index (κ2) is 8.71. The van der Waals surface area contributed by atoms with Crippen LogP contribution in [0.4, 0.5) is 5.69 Å². The van der Waals surface area contributed by atoms with Gasteiger partial charge < -0.3 is 19.8 Å². The van der Waals surface area contributed by atoms with Crippen molar-refractivity contribution in [2.24, 2.45) is 0 Å². The lowest BCUT2D eigenvalue weighted by Crippen LogP contribution is -2.22. The average molecular weight is 364 g/mol. The third-order valence-corrected chi connectivity index (χ3v) is 3.82. The van der Waals surface area contributed by atoms with Crippen LogP contribution in [-0.4, -0.2) is 18.4 Å².